The van der Waals surface area contributed by atoms with E-state index in [-0.39, 0.29) is 0 Å². The quantitative estimate of drug-likeness (QED) is 0.309. The summed E-state index contributed by atoms with van der Waals surface area (Å²) >= 11 is 0. The number of hydrogen-bond donors (Lipinski definition) is 1. The molecule has 4 aromatic rings. The molecular weight excluding hydrogens is 388 g/mol. The van der Waals surface area contributed by atoms with Crippen molar-refractivity contribution in [2.45, 2.75) is 20.3 Å². The molecule has 2 heteroatoms. The predicted molar refractivity (Wildman–Crippen MR) is 140 cm³/mol. The van der Waals surface area contributed by atoms with Crippen LogP contribution >= 0.6 is 0 Å². The summed E-state index contributed by atoms with van der Waals surface area (Å²) in [6.45, 7) is 5.59. The molecule has 0 heterocycles. The summed E-state index contributed by atoms with van der Waals surface area (Å²) in [7, 11) is 2.19. The van der Waals surface area contributed by atoms with Crippen LogP contribution < -0.4 is 10.2 Å². The van der Waals surface area contributed by atoms with E-state index < -0.39 is 0 Å². The molecule has 2 nitrogen and oxygen atoms in total. The SMILES string of the molecule is CCC(C)CN(C)c1ccccc1Nc1c(-c2ccccc2)cccc1-c1ccccc1. The second kappa shape index (κ2) is 10.2. The van der Waals surface area contributed by atoms with Crippen LogP contribution in [0.25, 0.3) is 22.3 Å². The molecule has 1 N–H and O–H groups in total. The van der Waals surface area contributed by atoms with Gasteiger partial charge in [0.15, 0.2) is 0 Å². The summed E-state index contributed by atoms with van der Waals surface area (Å²) < 4.78 is 0. The number of rotatable bonds is 8. The molecular formula is C30H32N2. The van der Waals surface area contributed by atoms with Crippen LogP contribution in [0.3, 0.4) is 0 Å². The third-order valence-electron chi connectivity index (χ3n) is 6.09. The summed E-state index contributed by atoms with van der Waals surface area (Å²) in [5, 5.41) is 3.84. The van der Waals surface area contributed by atoms with Crippen LogP contribution in [-0.2, 0) is 0 Å². The zero-order valence-electron chi connectivity index (χ0n) is 19.3. The highest BCUT2D eigenvalue weighted by Gasteiger charge is 2.15. The molecule has 0 saturated heterocycles. The lowest BCUT2D eigenvalue weighted by atomic mass is 9.95. The van der Waals surface area contributed by atoms with Crippen molar-refractivity contribution >= 4 is 17.1 Å². The van der Waals surface area contributed by atoms with E-state index in [0.29, 0.717) is 5.92 Å². The Morgan fingerprint density at radius 1 is 0.688 bits per heavy atom. The van der Waals surface area contributed by atoms with E-state index >= 15 is 0 Å². The van der Waals surface area contributed by atoms with Crippen molar-refractivity contribution in [2.75, 3.05) is 23.8 Å². The number of nitrogens with zero attached hydrogens (tertiary/aromatic N) is 1. The Morgan fingerprint density at radius 3 is 1.78 bits per heavy atom. The molecule has 0 aliphatic rings. The molecule has 4 aromatic carbocycles. The number of hydrogen-bond acceptors (Lipinski definition) is 2. The lowest BCUT2D eigenvalue weighted by Gasteiger charge is -2.27. The molecule has 0 spiro atoms. The molecule has 162 valence electrons. The molecule has 0 bridgehead atoms. The van der Waals surface area contributed by atoms with E-state index in [9.17, 15) is 0 Å². The van der Waals surface area contributed by atoms with Gasteiger partial charge in [0.25, 0.3) is 0 Å². The van der Waals surface area contributed by atoms with E-state index in [1.807, 2.05) is 0 Å². The normalized spacial score (nSPS) is 11.7. The average molecular weight is 421 g/mol. The molecule has 0 aliphatic heterocycles. The maximum absolute atomic E-state index is 3.84. The fourth-order valence-electron chi connectivity index (χ4n) is 4.15. The molecule has 0 radical (unpaired) electrons. The van der Waals surface area contributed by atoms with Gasteiger partial charge in [-0.15, -0.1) is 0 Å². The molecule has 1 unspecified atom stereocenters. The Morgan fingerprint density at radius 2 is 1.22 bits per heavy atom. The Kier molecular flexibility index (Phi) is 6.91. The number of para-hydroxylation sites is 3. The van der Waals surface area contributed by atoms with Crippen LogP contribution in [-0.4, -0.2) is 13.6 Å². The monoisotopic (exact) mass is 420 g/mol. The Labute approximate surface area is 192 Å². The van der Waals surface area contributed by atoms with Crippen LogP contribution in [0.15, 0.2) is 103 Å². The second-order valence-electron chi connectivity index (χ2n) is 8.50. The highest BCUT2D eigenvalue weighted by molar-refractivity contribution is 5.94. The van der Waals surface area contributed by atoms with Crippen molar-refractivity contribution in [2.24, 2.45) is 5.92 Å². The van der Waals surface area contributed by atoms with Crippen molar-refractivity contribution in [1.29, 1.82) is 0 Å². The number of nitrogens with one attached hydrogen (secondary N) is 1. The van der Waals surface area contributed by atoms with Gasteiger partial charge in [0.1, 0.15) is 0 Å². The van der Waals surface area contributed by atoms with Gasteiger partial charge in [-0.05, 0) is 29.2 Å². The summed E-state index contributed by atoms with van der Waals surface area (Å²) in [6, 6.07) is 36.4. The summed E-state index contributed by atoms with van der Waals surface area (Å²) in [4.78, 5) is 2.36. The van der Waals surface area contributed by atoms with Gasteiger partial charge < -0.3 is 10.2 Å². The van der Waals surface area contributed by atoms with Crippen molar-refractivity contribution in [1.82, 2.24) is 0 Å². The van der Waals surface area contributed by atoms with E-state index in [1.165, 1.54) is 34.4 Å². The molecule has 0 saturated carbocycles. The topological polar surface area (TPSA) is 15.3 Å². The Hall–Kier alpha value is -3.52. The first-order valence-corrected chi connectivity index (χ1v) is 11.5. The lowest BCUT2D eigenvalue weighted by Crippen LogP contribution is -2.24. The fourth-order valence-corrected chi connectivity index (χ4v) is 4.15. The largest absolute Gasteiger partial charge is 0.373 e. The van der Waals surface area contributed by atoms with Gasteiger partial charge in [0, 0.05) is 24.7 Å². The summed E-state index contributed by atoms with van der Waals surface area (Å²) in [6.07, 6.45) is 1.18. The van der Waals surface area contributed by atoms with Crippen LogP contribution in [0.1, 0.15) is 20.3 Å². The zero-order valence-corrected chi connectivity index (χ0v) is 19.3. The van der Waals surface area contributed by atoms with E-state index in [1.54, 1.807) is 0 Å². The zero-order chi connectivity index (χ0) is 22.3. The highest BCUT2D eigenvalue weighted by Crippen LogP contribution is 2.40. The van der Waals surface area contributed by atoms with Crippen molar-refractivity contribution < 1.29 is 0 Å². The number of benzene rings is 4. The molecule has 32 heavy (non-hydrogen) atoms. The minimum absolute atomic E-state index is 0.643. The van der Waals surface area contributed by atoms with E-state index in [2.05, 4.69) is 134 Å². The third kappa shape index (κ3) is 4.86. The Balaban J connectivity index is 1.82. The van der Waals surface area contributed by atoms with Gasteiger partial charge in [-0.3, -0.25) is 0 Å². The smallest absolute Gasteiger partial charge is 0.0622 e. The first-order chi connectivity index (χ1) is 15.7. The van der Waals surface area contributed by atoms with Gasteiger partial charge in [-0.2, -0.15) is 0 Å². The highest BCUT2D eigenvalue weighted by atomic mass is 15.1. The summed E-state index contributed by atoms with van der Waals surface area (Å²) in [5.41, 5.74) is 8.29. The fraction of sp³-hybridized carbons (Fsp3) is 0.200. The van der Waals surface area contributed by atoms with Gasteiger partial charge in [-0.25, -0.2) is 0 Å². The molecule has 4 rings (SSSR count). The Bertz CT molecular complexity index is 1080. The van der Waals surface area contributed by atoms with Crippen LogP contribution in [0.5, 0.6) is 0 Å². The second-order valence-corrected chi connectivity index (χ2v) is 8.50. The van der Waals surface area contributed by atoms with Crippen molar-refractivity contribution in [3.63, 3.8) is 0 Å². The van der Waals surface area contributed by atoms with Crippen LogP contribution in [0, 0.1) is 5.92 Å². The van der Waals surface area contributed by atoms with Gasteiger partial charge in [-0.1, -0.05) is 111 Å². The van der Waals surface area contributed by atoms with Gasteiger partial charge in [0.2, 0.25) is 0 Å². The molecule has 0 aliphatic carbocycles. The van der Waals surface area contributed by atoms with Gasteiger partial charge in [0.05, 0.1) is 17.1 Å². The van der Waals surface area contributed by atoms with Crippen LogP contribution in [0.4, 0.5) is 17.1 Å². The average Bonchev–Trinajstić information content (AvgIpc) is 2.85. The first-order valence-electron chi connectivity index (χ1n) is 11.5. The predicted octanol–water partition coefficient (Wildman–Crippen LogP) is 8.25. The molecule has 0 aromatic heterocycles. The van der Waals surface area contributed by atoms with E-state index in [4.69, 9.17) is 0 Å². The maximum Gasteiger partial charge on any atom is 0.0622 e. The molecule has 0 fully saturated rings. The minimum atomic E-state index is 0.643. The first kappa shape index (κ1) is 21.7. The maximum atomic E-state index is 3.84. The standard InChI is InChI=1S/C30H32N2/c1-4-23(2)22-32(3)29-21-12-11-20-28(29)31-30-26(24-14-7-5-8-15-24)18-13-19-27(30)25-16-9-6-10-17-25/h5-21,23,31H,4,22H2,1-3H3. The van der Waals surface area contributed by atoms with E-state index in [0.717, 1.165) is 17.9 Å². The third-order valence-corrected chi connectivity index (χ3v) is 6.09. The minimum Gasteiger partial charge on any atom is -0.373 e. The molecule has 1 atom stereocenters. The lowest BCUT2D eigenvalue weighted by molar-refractivity contribution is 0.560. The van der Waals surface area contributed by atoms with Crippen molar-refractivity contribution in [3.8, 4) is 22.3 Å². The van der Waals surface area contributed by atoms with Gasteiger partial charge >= 0.3 is 0 Å². The number of anilines is 3. The van der Waals surface area contributed by atoms with Crippen LogP contribution in [0.2, 0.25) is 0 Å². The summed E-state index contributed by atoms with van der Waals surface area (Å²) in [5.74, 6) is 0.643. The van der Waals surface area contributed by atoms with Crippen molar-refractivity contribution in [3.05, 3.63) is 103 Å². The molecule has 0 amide bonds.